The Hall–Kier alpha value is -3.80. The van der Waals surface area contributed by atoms with E-state index in [0.717, 1.165) is 54.2 Å². The third kappa shape index (κ3) is 6.50. The van der Waals surface area contributed by atoms with Crippen LogP contribution in [-0.2, 0) is 6.54 Å². The van der Waals surface area contributed by atoms with Gasteiger partial charge in [-0.15, -0.1) is 0 Å². The van der Waals surface area contributed by atoms with Crippen molar-refractivity contribution < 1.29 is 14.3 Å². The highest BCUT2D eigenvalue weighted by atomic mass is 16.5. The molecule has 1 amide bonds. The van der Waals surface area contributed by atoms with Crippen molar-refractivity contribution in [3.05, 3.63) is 89.7 Å². The number of nitrogens with zero attached hydrogens (tertiary/aromatic N) is 2. The second-order valence-electron chi connectivity index (χ2n) is 9.47. The first-order valence-electron chi connectivity index (χ1n) is 13.1. The Morgan fingerprint density at radius 2 is 1.65 bits per heavy atom. The molecule has 0 fully saturated rings. The van der Waals surface area contributed by atoms with E-state index < -0.39 is 0 Å². The first kappa shape index (κ1) is 26.3. The number of aryl methyl sites for hydroxylation is 1. The molecule has 37 heavy (non-hydrogen) atoms. The Labute approximate surface area is 219 Å². The first-order valence-corrected chi connectivity index (χ1v) is 13.1. The number of nitrogens with one attached hydrogen (secondary N) is 1. The zero-order chi connectivity index (χ0) is 26.2. The molecule has 6 nitrogen and oxygen atoms in total. The second-order valence-corrected chi connectivity index (χ2v) is 9.47. The maximum Gasteiger partial charge on any atom is 0.251 e. The lowest BCUT2D eigenvalue weighted by Gasteiger charge is -2.17. The van der Waals surface area contributed by atoms with Crippen LogP contribution in [-0.4, -0.2) is 29.2 Å². The molecule has 0 saturated carbocycles. The van der Waals surface area contributed by atoms with Gasteiger partial charge in [-0.3, -0.25) is 4.79 Å². The fourth-order valence-corrected chi connectivity index (χ4v) is 4.44. The SMILES string of the molecule is CCC(C)c1ccc(OCCCCn2c(C(C)NC(=O)c3ccc(OC)cc3)nc3ccccc32)cc1. The van der Waals surface area contributed by atoms with Crippen LogP contribution in [0.1, 0.15) is 73.7 Å². The van der Waals surface area contributed by atoms with Crippen molar-refractivity contribution in [3.63, 3.8) is 0 Å². The topological polar surface area (TPSA) is 65.4 Å². The van der Waals surface area contributed by atoms with E-state index in [1.54, 1.807) is 31.4 Å². The summed E-state index contributed by atoms with van der Waals surface area (Å²) in [5.41, 5.74) is 3.94. The van der Waals surface area contributed by atoms with Gasteiger partial charge in [0, 0.05) is 12.1 Å². The molecule has 194 valence electrons. The normalized spacial score (nSPS) is 12.8. The molecular weight excluding hydrogens is 462 g/mol. The van der Waals surface area contributed by atoms with Crippen LogP contribution in [0.25, 0.3) is 11.0 Å². The number of hydrogen-bond acceptors (Lipinski definition) is 4. The maximum atomic E-state index is 12.9. The van der Waals surface area contributed by atoms with Crippen molar-refractivity contribution in [2.24, 2.45) is 0 Å². The van der Waals surface area contributed by atoms with Crippen LogP contribution in [0.5, 0.6) is 11.5 Å². The Balaban J connectivity index is 1.37. The van der Waals surface area contributed by atoms with Crippen LogP contribution in [0.2, 0.25) is 0 Å². The van der Waals surface area contributed by atoms with Gasteiger partial charge in [0.2, 0.25) is 0 Å². The molecule has 1 N–H and O–H groups in total. The highest BCUT2D eigenvalue weighted by molar-refractivity contribution is 5.94. The van der Waals surface area contributed by atoms with Crippen LogP contribution in [0.3, 0.4) is 0 Å². The van der Waals surface area contributed by atoms with Crippen LogP contribution >= 0.6 is 0 Å². The molecule has 6 heteroatoms. The average molecular weight is 500 g/mol. The van der Waals surface area contributed by atoms with Gasteiger partial charge in [-0.25, -0.2) is 4.98 Å². The predicted molar refractivity (Wildman–Crippen MR) is 148 cm³/mol. The van der Waals surface area contributed by atoms with Crippen LogP contribution in [0, 0.1) is 0 Å². The summed E-state index contributed by atoms with van der Waals surface area (Å²) >= 11 is 0. The number of carbonyl (C=O) groups is 1. The molecule has 3 aromatic carbocycles. The van der Waals surface area contributed by atoms with E-state index in [1.165, 1.54) is 5.56 Å². The highest BCUT2D eigenvalue weighted by Gasteiger charge is 2.19. The zero-order valence-electron chi connectivity index (χ0n) is 22.2. The molecule has 0 aliphatic carbocycles. The van der Waals surface area contributed by atoms with Crippen molar-refractivity contribution in [2.45, 2.75) is 58.5 Å². The Bertz CT molecular complexity index is 1300. The van der Waals surface area contributed by atoms with Gasteiger partial charge in [0.05, 0.1) is 30.8 Å². The van der Waals surface area contributed by atoms with Crippen molar-refractivity contribution in [1.29, 1.82) is 0 Å². The van der Waals surface area contributed by atoms with Gasteiger partial charge in [-0.1, -0.05) is 38.1 Å². The standard InChI is InChI=1S/C31H37N3O3/c1-5-22(2)24-12-18-27(19-13-24)37-21-9-8-20-34-29-11-7-6-10-28(29)33-30(34)23(3)32-31(35)25-14-16-26(36-4)17-15-25/h6-7,10-19,22-23H,5,8-9,20-21H2,1-4H3,(H,32,35). The van der Waals surface area contributed by atoms with Gasteiger partial charge in [0.25, 0.3) is 5.91 Å². The number of hydrogen-bond donors (Lipinski definition) is 1. The fraction of sp³-hybridized carbons (Fsp3) is 0.355. The molecule has 4 aromatic rings. The number of rotatable bonds is 12. The molecule has 2 atom stereocenters. The van der Waals surface area contributed by atoms with Gasteiger partial charge in [-0.05, 0) is 86.2 Å². The molecule has 0 spiro atoms. The van der Waals surface area contributed by atoms with E-state index >= 15 is 0 Å². The largest absolute Gasteiger partial charge is 0.497 e. The number of ether oxygens (including phenoxy) is 2. The smallest absolute Gasteiger partial charge is 0.251 e. The summed E-state index contributed by atoms with van der Waals surface area (Å²) in [7, 11) is 1.61. The van der Waals surface area contributed by atoms with Crippen LogP contribution in [0.4, 0.5) is 0 Å². The summed E-state index contributed by atoms with van der Waals surface area (Å²) in [6, 6.07) is 23.4. The molecule has 1 aromatic heterocycles. The first-order chi connectivity index (χ1) is 18.0. The number of benzene rings is 3. The summed E-state index contributed by atoms with van der Waals surface area (Å²) < 4.78 is 13.4. The lowest BCUT2D eigenvalue weighted by atomic mass is 9.99. The number of unbranched alkanes of at least 4 members (excludes halogenated alkanes) is 1. The number of methoxy groups -OCH3 is 1. The van der Waals surface area contributed by atoms with Crippen molar-refractivity contribution in [3.8, 4) is 11.5 Å². The van der Waals surface area contributed by atoms with E-state index in [0.29, 0.717) is 18.1 Å². The molecule has 0 saturated heterocycles. The monoisotopic (exact) mass is 499 g/mol. The molecule has 4 rings (SSSR count). The number of amides is 1. The van der Waals surface area contributed by atoms with E-state index in [1.807, 2.05) is 25.1 Å². The second kappa shape index (κ2) is 12.4. The molecule has 0 aliphatic heterocycles. The number of aromatic nitrogens is 2. The fourth-order valence-electron chi connectivity index (χ4n) is 4.44. The van der Waals surface area contributed by atoms with E-state index in [2.05, 4.69) is 54.1 Å². The minimum absolute atomic E-state index is 0.137. The molecule has 0 radical (unpaired) electrons. The molecule has 1 heterocycles. The number of imidazole rings is 1. The number of fused-ring (bicyclic) bond motifs is 1. The molecule has 0 bridgehead atoms. The zero-order valence-corrected chi connectivity index (χ0v) is 22.2. The average Bonchev–Trinajstić information content (AvgIpc) is 3.31. The number of carbonyl (C=O) groups excluding carboxylic acids is 1. The summed E-state index contributed by atoms with van der Waals surface area (Å²) in [5.74, 6) is 2.91. The van der Waals surface area contributed by atoms with Gasteiger partial charge >= 0.3 is 0 Å². The van der Waals surface area contributed by atoms with E-state index in [4.69, 9.17) is 14.5 Å². The summed E-state index contributed by atoms with van der Waals surface area (Å²) in [6.07, 6.45) is 3.00. The van der Waals surface area contributed by atoms with Gasteiger partial charge in [0.15, 0.2) is 0 Å². The van der Waals surface area contributed by atoms with Crippen molar-refractivity contribution >= 4 is 16.9 Å². The minimum Gasteiger partial charge on any atom is -0.497 e. The Morgan fingerprint density at radius 3 is 2.35 bits per heavy atom. The van der Waals surface area contributed by atoms with Crippen LogP contribution in [0.15, 0.2) is 72.8 Å². The van der Waals surface area contributed by atoms with Crippen molar-refractivity contribution in [1.82, 2.24) is 14.9 Å². The van der Waals surface area contributed by atoms with Crippen LogP contribution < -0.4 is 14.8 Å². The Morgan fingerprint density at radius 1 is 0.946 bits per heavy atom. The summed E-state index contributed by atoms with van der Waals surface area (Å²) in [6.45, 7) is 7.89. The Kier molecular flexibility index (Phi) is 8.83. The maximum absolute atomic E-state index is 12.9. The van der Waals surface area contributed by atoms with E-state index in [-0.39, 0.29) is 11.9 Å². The molecule has 0 aliphatic rings. The van der Waals surface area contributed by atoms with Crippen molar-refractivity contribution in [2.75, 3.05) is 13.7 Å². The lowest BCUT2D eigenvalue weighted by molar-refractivity contribution is 0.0937. The van der Waals surface area contributed by atoms with Gasteiger partial charge < -0.3 is 19.4 Å². The lowest BCUT2D eigenvalue weighted by Crippen LogP contribution is -2.28. The summed E-state index contributed by atoms with van der Waals surface area (Å²) in [5, 5.41) is 3.10. The minimum atomic E-state index is -0.248. The van der Waals surface area contributed by atoms with Gasteiger partial charge in [-0.2, -0.15) is 0 Å². The third-order valence-electron chi connectivity index (χ3n) is 6.88. The third-order valence-corrected chi connectivity index (χ3v) is 6.88. The highest BCUT2D eigenvalue weighted by Crippen LogP contribution is 2.24. The van der Waals surface area contributed by atoms with Gasteiger partial charge in [0.1, 0.15) is 17.3 Å². The summed E-state index contributed by atoms with van der Waals surface area (Å²) in [4.78, 5) is 17.7. The van der Waals surface area contributed by atoms with E-state index in [9.17, 15) is 4.79 Å². The molecular formula is C31H37N3O3. The predicted octanol–water partition coefficient (Wildman–Crippen LogP) is 6.91. The molecule has 2 unspecified atom stereocenters. The quantitative estimate of drug-likeness (QED) is 0.215. The number of para-hydroxylation sites is 2.